The minimum absolute atomic E-state index is 0.177. The van der Waals surface area contributed by atoms with Gasteiger partial charge in [0.2, 0.25) is 0 Å². The molecular weight excluding hydrogens is 444 g/mol. The van der Waals surface area contributed by atoms with E-state index in [4.69, 9.17) is 0 Å². The van der Waals surface area contributed by atoms with Gasteiger partial charge in [-0.2, -0.15) is 0 Å². The molecule has 1 unspecified atom stereocenters. The Morgan fingerprint density at radius 2 is 1.14 bits per heavy atom. The first-order valence-electron chi connectivity index (χ1n) is 11.4. The molecule has 0 bridgehead atoms. The summed E-state index contributed by atoms with van der Waals surface area (Å²) in [6.07, 6.45) is 4.38. The molecule has 0 radical (unpaired) electrons. The molecule has 2 aromatic carbocycles. The molecule has 0 aromatic heterocycles. The van der Waals surface area contributed by atoms with Crippen molar-refractivity contribution in [3.63, 3.8) is 0 Å². The van der Waals surface area contributed by atoms with Crippen molar-refractivity contribution in [2.75, 3.05) is 6.54 Å². The monoisotopic (exact) mass is 476 g/mol. The van der Waals surface area contributed by atoms with Crippen LogP contribution in [0.2, 0.25) is 0 Å². The van der Waals surface area contributed by atoms with Gasteiger partial charge in [0.25, 0.3) is 0 Å². The number of nitrogens with one attached hydrogen (secondary N) is 4. The van der Waals surface area contributed by atoms with Crippen LogP contribution in [0, 0.1) is 0 Å². The number of benzene rings is 2. The van der Waals surface area contributed by atoms with E-state index in [1.165, 1.54) is 0 Å². The van der Waals surface area contributed by atoms with Crippen molar-refractivity contribution in [1.82, 2.24) is 21.3 Å². The second kappa shape index (κ2) is 14.1. The smallest absolute Gasteiger partial charge is 0.309 e. The van der Waals surface area contributed by atoms with Gasteiger partial charge < -0.3 is 21.3 Å². The molecule has 8 nitrogen and oxygen atoms in total. The molecule has 184 valence electrons. The second-order valence-electron chi connectivity index (χ2n) is 7.88. The highest BCUT2D eigenvalue weighted by atomic mass is 16.2. The molecule has 2 rings (SSSR count). The lowest BCUT2D eigenvalue weighted by Crippen LogP contribution is -2.46. The normalized spacial score (nSPS) is 11.0. The molecular formula is C27H32N4O4. The summed E-state index contributed by atoms with van der Waals surface area (Å²) in [6, 6.07) is 14.5. The maximum Gasteiger partial charge on any atom is 0.309 e. The Bertz CT molecular complexity index is 1050. The van der Waals surface area contributed by atoms with Gasteiger partial charge >= 0.3 is 23.6 Å². The molecule has 0 spiro atoms. The van der Waals surface area contributed by atoms with Gasteiger partial charge in [-0.1, -0.05) is 80.8 Å². The fraction of sp³-hybridized carbons (Fsp3) is 0.259. The van der Waals surface area contributed by atoms with E-state index in [0.29, 0.717) is 12.8 Å². The number of hydrogen-bond acceptors (Lipinski definition) is 4. The third-order valence-corrected chi connectivity index (χ3v) is 5.36. The van der Waals surface area contributed by atoms with Crippen LogP contribution in [-0.2, 0) is 32.3 Å². The van der Waals surface area contributed by atoms with E-state index in [0.717, 1.165) is 22.3 Å². The van der Waals surface area contributed by atoms with E-state index in [-0.39, 0.29) is 25.7 Å². The fourth-order valence-corrected chi connectivity index (χ4v) is 3.14. The van der Waals surface area contributed by atoms with Crippen LogP contribution in [0.15, 0.2) is 61.7 Å². The lowest BCUT2D eigenvalue weighted by atomic mass is 10.1. The molecule has 0 aliphatic heterocycles. The summed E-state index contributed by atoms with van der Waals surface area (Å²) in [5.74, 6) is -2.98. The second-order valence-corrected chi connectivity index (χ2v) is 7.88. The van der Waals surface area contributed by atoms with E-state index < -0.39 is 23.6 Å². The highest BCUT2D eigenvalue weighted by molar-refractivity contribution is 6.35. The van der Waals surface area contributed by atoms with Crippen LogP contribution in [0.1, 0.15) is 42.0 Å². The lowest BCUT2D eigenvalue weighted by Gasteiger charge is -2.17. The molecule has 35 heavy (non-hydrogen) atoms. The van der Waals surface area contributed by atoms with Crippen molar-refractivity contribution in [1.29, 1.82) is 0 Å². The zero-order valence-corrected chi connectivity index (χ0v) is 19.9. The number of amides is 4. The molecule has 0 fully saturated rings. The molecule has 0 aliphatic carbocycles. The van der Waals surface area contributed by atoms with Crippen molar-refractivity contribution in [3.05, 3.63) is 83.9 Å². The summed E-state index contributed by atoms with van der Waals surface area (Å²) < 4.78 is 0. The van der Waals surface area contributed by atoms with E-state index in [1.54, 1.807) is 12.2 Å². The molecule has 4 N–H and O–H groups in total. The summed E-state index contributed by atoms with van der Waals surface area (Å²) in [6.45, 7) is 9.86. The number of hydrogen-bond donors (Lipinski definition) is 4. The Balaban J connectivity index is 1.69. The van der Waals surface area contributed by atoms with Crippen LogP contribution in [0.4, 0.5) is 0 Å². The third kappa shape index (κ3) is 9.29. The van der Waals surface area contributed by atoms with Crippen LogP contribution in [0.25, 0.3) is 12.2 Å². The maximum absolute atomic E-state index is 12.2. The molecule has 0 saturated carbocycles. The van der Waals surface area contributed by atoms with Crippen molar-refractivity contribution in [3.8, 4) is 0 Å². The molecule has 1 atom stereocenters. The quantitative estimate of drug-likeness (QED) is 0.373. The van der Waals surface area contributed by atoms with Crippen molar-refractivity contribution in [2.24, 2.45) is 0 Å². The van der Waals surface area contributed by atoms with Crippen molar-refractivity contribution < 1.29 is 19.2 Å². The largest absolute Gasteiger partial charge is 0.348 e. The number of carbonyl (C=O) groups is 4. The van der Waals surface area contributed by atoms with Crippen LogP contribution >= 0.6 is 0 Å². The summed E-state index contributed by atoms with van der Waals surface area (Å²) in [4.78, 5) is 48.4. The van der Waals surface area contributed by atoms with Gasteiger partial charge in [0, 0.05) is 25.7 Å². The average molecular weight is 477 g/mol. The van der Waals surface area contributed by atoms with E-state index in [9.17, 15) is 19.2 Å². The van der Waals surface area contributed by atoms with Crippen molar-refractivity contribution in [2.45, 2.75) is 38.9 Å². The average Bonchev–Trinajstić information content (AvgIpc) is 2.89. The van der Waals surface area contributed by atoms with Gasteiger partial charge in [-0.3, -0.25) is 19.2 Å². The Kier molecular flexibility index (Phi) is 10.9. The van der Waals surface area contributed by atoms with E-state index in [2.05, 4.69) is 34.4 Å². The molecule has 4 amide bonds. The van der Waals surface area contributed by atoms with Gasteiger partial charge in [0.1, 0.15) is 0 Å². The topological polar surface area (TPSA) is 116 Å². The Morgan fingerprint density at radius 1 is 0.714 bits per heavy atom. The van der Waals surface area contributed by atoms with E-state index in [1.807, 2.05) is 55.5 Å². The Labute approximate surface area is 205 Å². The molecule has 2 aromatic rings. The zero-order chi connectivity index (χ0) is 25.6. The molecule has 8 heteroatoms. The van der Waals surface area contributed by atoms with Gasteiger partial charge in [-0.25, -0.2) is 0 Å². The molecule has 0 saturated heterocycles. The van der Waals surface area contributed by atoms with Crippen molar-refractivity contribution >= 4 is 35.8 Å². The fourth-order valence-electron chi connectivity index (χ4n) is 3.14. The van der Waals surface area contributed by atoms with Crippen LogP contribution in [0.5, 0.6) is 0 Å². The first kappa shape index (κ1) is 27.0. The number of rotatable bonds is 11. The standard InChI is InChI=1S/C27H32N4O4/c1-4-19-7-11-21(12-8-19)17-29-25(33)24(32)28-16-15-23(6-3)31-27(35)26(34)30-18-22-13-9-20(5-2)10-14-22/h4-5,7-14,23H,1-2,6,15-18H2,3H3,(H,28,32)(H,29,33)(H,30,34)(H,31,35). The summed E-state index contributed by atoms with van der Waals surface area (Å²) in [5.41, 5.74) is 3.65. The highest BCUT2D eigenvalue weighted by Gasteiger charge is 2.18. The third-order valence-electron chi connectivity index (χ3n) is 5.36. The Hall–Kier alpha value is -4.20. The Morgan fingerprint density at radius 3 is 1.57 bits per heavy atom. The molecule has 0 aliphatic rings. The number of carbonyl (C=O) groups excluding carboxylic acids is 4. The SMILES string of the molecule is C=Cc1ccc(CNC(=O)C(=O)NCCC(CC)NC(=O)C(=O)NCc2ccc(C=C)cc2)cc1. The summed E-state index contributed by atoms with van der Waals surface area (Å²) >= 11 is 0. The minimum Gasteiger partial charge on any atom is -0.348 e. The summed E-state index contributed by atoms with van der Waals surface area (Å²) in [7, 11) is 0. The predicted octanol–water partition coefficient (Wildman–Crippen LogP) is 2.31. The van der Waals surface area contributed by atoms with Crippen LogP contribution in [-0.4, -0.2) is 36.2 Å². The van der Waals surface area contributed by atoms with Gasteiger partial charge in [-0.05, 0) is 35.1 Å². The highest BCUT2D eigenvalue weighted by Crippen LogP contribution is 2.06. The lowest BCUT2D eigenvalue weighted by molar-refractivity contribution is -0.140. The van der Waals surface area contributed by atoms with E-state index >= 15 is 0 Å². The van der Waals surface area contributed by atoms with Gasteiger partial charge in [0.05, 0.1) is 0 Å². The first-order valence-corrected chi connectivity index (χ1v) is 11.4. The maximum atomic E-state index is 12.2. The zero-order valence-electron chi connectivity index (χ0n) is 19.9. The molecule has 0 heterocycles. The first-order chi connectivity index (χ1) is 16.9. The minimum atomic E-state index is -0.755. The van der Waals surface area contributed by atoms with Crippen LogP contribution < -0.4 is 21.3 Å². The predicted molar refractivity (Wildman–Crippen MR) is 137 cm³/mol. The summed E-state index contributed by atoms with van der Waals surface area (Å²) in [5, 5.41) is 10.3. The van der Waals surface area contributed by atoms with Gasteiger partial charge in [-0.15, -0.1) is 0 Å². The van der Waals surface area contributed by atoms with Crippen LogP contribution in [0.3, 0.4) is 0 Å². The van der Waals surface area contributed by atoms with Gasteiger partial charge in [0.15, 0.2) is 0 Å².